The molecule has 0 saturated carbocycles. The van der Waals surface area contributed by atoms with Crippen LogP contribution in [0, 0.1) is 12.8 Å². The number of thiazole rings is 1. The van der Waals surface area contributed by atoms with Crippen LogP contribution >= 0.6 is 23.1 Å². The largest absolute Gasteiger partial charge is 0.341 e. The number of carbonyl (C=O) groups excluding carboxylic acids is 3. The van der Waals surface area contributed by atoms with E-state index in [-0.39, 0.29) is 29.1 Å². The summed E-state index contributed by atoms with van der Waals surface area (Å²) in [5, 5.41) is -0.0285. The summed E-state index contributed by atoms with van der Waals surface area (Å²) in [6.07, 6.45) is 3.06. The van der Waals surface area contributed by atoms with Crippen molar-refractivity contribution in [2.75, 3.05) is 18.0 Å². The smallest absolute Gasteiger partial charge is 0.308 e. The Hall–Kier alpha value is -3.17. The second-order valence-corrected chi connectivity index (χ2v) is 12.0. The van der Waals surface area contributed by atoms with E-state index in [9.17, 15) is 19.2 Å². The highest BCUT2D eigenvalue weighted by atomic mass is 32.2. The molecule has 9 heteroatoms. The first-order valence-electron chi connectivity index (χ1n) is 12.6. The molecule has 0 bridgehead atoms. The third-order valence-electron chi connectivity index (χ3n) is 7.50. The molecule has 0 N–H and O–H groups in total. The first kappa shape index (κ1) is 24.2. The lowest BCUT2D eigenvalue weighted by molar-refractivity contribution is -0.133. The molecular formula is C28H27N3O4S2. The van der Waals surface area contributed by atoms with Gasteiger partial charge in [0.15, 0.2) is 0 Å². The van der Waals surface area contributed by atoms with Gasteiger partial charge in [0.1, 0.15) is 11.8 Å². The molecule has 0 spiro atoms. The zero-order valence-electron chi connectivity index (χ0n) is 20.5. The van der Waals surface area contributed by atoms with Crippen LogP contribution in [0.25, 0.3) is 0 Å². The Balaban J connectivity index is 1.42. The first-order chi connectivity index (χ1) is 17.9. The number of likely N-dealkylation sites (tertiary alicyclic amines) is 1. The molecule has 190 valence electrons. The standard InChI is InChI=1S/C28H27N3O4S2/c1-17-10-12-19(13-11-17)31-25(33)22-21(18-8-4-2-5-9-18)24-27(36-23(22)26(31)34)30(28(35)37-24)16-20(32)29-14-6-3-7-15-29/h2,4-5,8-13,21-23H,3,6-7,14-16H2,1H3/t21-,22+,23-/m0/s1. The van der Waals surface area contributed by atoms with E-state index in [0.29, 0.717) is 23.8 Å². The maximum atomic E-state index is 13.9. The lowest BCUT2D eigenvalue weighted by Crippen LogP contribution is -2.39. The summed E-state index contributed by atoms with van der Waals surface area (Å²) < 4.78 is 1.53. The molecule has 2 fully saturated rings. The number of nitrogens with zero attached hydrogens (tertiary/aromatic N) is 3. The van der Waals surface area contributed by atoms with Crippen molar-refractivity contribution in [2.24, 2.45) is 5.92 Å². The molecule has 0 radical (unpaired) electrons. The van der Waals surface area contributed by atoms with E-state index in [1.165, 1.54) is 21.2 Å². The zero-order chi connectivity index (χ0) is 25.7. The van der Waals surface area contributed by atoms with Gasteiger partial charge in [0, 0.05) is 23.9 Å². The maximum absolute atomic E-state index is 13.9. The summed E-state index contributed by atoms with van der Waals surface area (Å²) in [6.45, 7) is 3.34. The van der Waals surface area contributed by atoms with E-state index in [2.05, 4.69) is 0 Å². The van der Waals surface area contributed by atoms with Gasteiger partial charge in [-0.3, -0.25) is 23.7 Å². The van der Waals surface area contributed by atoms with Crippen molar-refractivity contribution in [3.05, 3.63) is 80.3 Å². The highest BCUT2D eigenvalue weighted by Gasteiger charge is 2.56. The Morgan fingerprint density at radius 1 is 0.919 bits per heavy atom. The lowest BCUT2D eigenvalue weighted by Gasteiger charge is -2.31. The number of hydrogen-bond acceptors (Lipinski definition) is 6. The van der Waals surface area contributed by atoms with Crippen molar-refractivity contribution in [1.29, 1.82) is 0 Å². The number of amides is 3. The number of hydrogen-bond donors (Lipinski definition) is 0. The van der Waals surface area contributed by atoms with E-state index in [1.54, 1.807) is 12.1 Å². The van der Waals surface area contributed by atoms with Crippen LogP contribution < -0.4 is 9.77 Å². The number of aromatic nitrogens is 1. The van der Waals surface area contributed by atoms with Gasteiger partial charge < -0.3 is 4.90 Å². The molecule has 37 heavy (non-hydrogen) atoms. The van der Waals surface area contributed by atoms with Crippen LogP contribution in [0.2, 0.25) is 0 Å². The van der Waals surface area contributed by atoms with Gasteiger partial charge in [0.25, 0.3) is 0 Å². The third kappa shape index (κ3) is 4.14. The van der Waals surface area contributed by atoms with Gasteiger partial charge in [0.2, 0.25) is 17.7 Å². The van der Waals surface area contributed by atoms with Crippen molar-refractivity contribution in [1.82, 2.24) is 9.47 Å². The van der Waals surface area contributed by atoms with E-state index < -0.39 is 17.1 Å². The fraction of sp³-hybridized carbons (Fsp3) is 0.357. The normalized spacial score (nSPS) is 23.2. The van der Waals surface area contributed by atoms with E-state index in [4.69, 9.17) is 0 Å². The summed E-state index contributed by atoms with van der Waals surface area (Å²) in [5.74, 6) is -1.65. The van der Waals surface area contributed by atoms with Crippen LogP contribution in [0.3, 0.4) is 0 Å². The van der Waals surface area contributed by atoms with Crippen molar-refractivity contribution in [3.8, 4) is 0 Å². The average Bonchev–Trinajstić information content (AvgIpc) is 3.36. The minimum Gasteiger partial charge on any atom is -0.341 e. The van der Waals surface area contributed by atoms with Crippen LogP contribution in [-0.2, 0) is 20.9 Å². The number of benzene rings is 2. The minimum atomic E-state index is -0.670. The van der Waals surface area contributed by atoms with Crippen molar-refractivity contribution in [2.45, 2.75) is 48.9 Å². The molecule has 3 aliphatic rings. The van der Waals surface area contributed by atoms with Crippen LogP contribution in [0.15, 0.2) is 64.4 Å². The van der Waals surface area contributed by atoms with Gasteiger partial charge in [-0.1, -0.05) is 71.1 Å². The Bertz CT molecular complexity index is 1420. The van der Waals surface area contributed by atoms with Crippen molar-refractivity contribution in [3.63, 3.8) is 0 Å². The van der Waals surface area contributed by atoms with Crippen molar-refractivity contribution < 1.29 is 14.4 Å². The molecule has 3 amide bonds. The number of piperidine rings is 1. The molecule has 0 unspecified atom stereocenters. The monoisotopic (exact) mass is 533 g/mol. The topological polar surface area (TPSA) is 79.7 Å². The van der Waals surface area contributed by atoms with Crippen LogP contribution in [-0.4, -0.2) is 45.5 Å². The average molecular weight is 534 g/mol. The molecule has 7 nitrogen and oxygen atoms in total. The van der Waals surface area contributed by atoms with E-state index >= 15 is 0 Å². The molecule has 1 aromatic heterocycles. The predicted octanol–water partition coefficient (Wildman–Crippen LogP) is 4.03. The van der Waals surface area contributed by atoms with Gasteiger partial charge in [-0.2, -0.15) is 0 Å². The van der Waals surface area contributed by atoms with Crippen LogP contribution in [0.5, 0.6) is 0 Å². The summed E-state index contributed by atoms with van der Waals surface area (Å²) in [5.41, 5.74) is 2.49. The van der Waals surface area contributed by atoms with Crippen LogP contribution in [0.4, 0.5) is 5.69 Å². The summed E-state index contributed by atoms with van der Waals surface area (Å²) in [6, 6.07) is 17.0. The molecule has 3 aromatic rings. The number of carbonyl (C=O) groups is 3. The number of imide groups is 1. The first-order valence-corrected chi connectivity index (χ1v) is 14.3. The fourth-order valence-corrected chi connectivity index (χ4v) is 8.37. The molecule has 3 atom stereocenters. The van der Waals surface area contributed by atoms with Crippen molar-refractivity contribution >= 4 is 46.5 Å². The number of thioether (sulfide) groups is 1. The molecule has 2 aromatic carbocycles. The fourth-order valence-electron chi connectivity index (χ4n) is 5.60. The van der Waals surface area contributed by atoms with Gasteiger partial charge >= 0.3 is 4.87 Å². The number of fused-ring (bicyclic) bond motifs is 2. The lowest BCUT2D eigenvalue weighted by atomic mass is 9.83. The van der Waals surface area contributed by atoms with E-state index in [1.807, 2.05) is 54.3 Å². The number of rotatable bonds is 4. The quantitative estimate of drug-likeness (QED) is 0.473. The highest BCUT2D eigenvalue weighted by molar-refractivity contribution is 8.00. The third-order valence-corrected chi connectivity index (χ3v) is 10.1. The Labute approximate surface area is 223 Å². The van der Waals surface area contributed by atoms with Gasteiger partial charge in [-0.15, -0.1) is 0 Å². The second-order valence-electron chi connectivity index (χ2n) is 9.86. The molecule has 2 saturated heterocycles. The zero-order valence-corrected chi connectivity index (χ0v) is 22.1. The predicted molar refractivity (Wildman–Crippen MR) is 144 cm³/mol. The molecule has 0 aliphatic carbocycles. The molecule has 6 rings (SSSR count). The maximum Gasteiger partial charge on any atom is 0.308 e. The summed E-state index contributed by atoms with van der Waals surface area (Å²) in [4.78, 5) is 57.6. The number of aryl methyl sites for hydroxylation is 1. The summed E-state index contributed by atoms with van der Waals surface area (Å²) >= 11 is 2.36. The second kappa shape index (κ2) is 9.61. The molecule has 4 heterocycles. The Morgan fingerprint density at radius 3 is 2.32 bits per heavy atom. The Kier molecular flexibility index (Phi) is 6.28. The summed E-state index contributed by atoms with van der Waals surface area (Å²) in [7, 11) is 0. The number of anilines is 1. The highest BCUT2D eigenvalue weighted by Crippen LogP contribution is 2.53. The van der Waals surface area contributed by atoms with Gasteiger partial charge in [-0.05, 0) is 43.9 Å². The van der Waals surface area contributed by atoms with E-state index in [0.717, 1.165) is 46.6 Å². The minimum absolute atomic E-state index is 0.0413. The van der Waals surface area contributed by atoms with Gasteiger partial charge in [0.05, 0.1) is 16.6 Å². The molecule has 3 aliphatic heterocycles. The Morgan fingerprint density at radius 2 is 1.62 bits per heavy atom. The van der Waals surface area contributed by atoms with Gasteiger partial charge in [-0.25, -0.2) is 4.90 Å². The van der Waals surface area contributed by atoms with Crippen LogP contribution in [0.1, 0.15) is 41.2 Å². The molecular weight excluding hydrogens is 506 g/mol. The SMILES string of the molecule is Cc1ccc(N2C(=O)[C@@H]3[C@H](c4ccccc4)c4sc(=O)n(CC(=O)N5CCCCC5)c4S[C@@H]3C2=O)cc1.